The molecule has 17 heavy (non-hydrogen) atoms. The number of ether oxygens (including phenoxy) is 1. The number of piperidine rings is 1. The highest BCUT2D eigenvalue weighted by atomic mass is 32.2. The van der Waals surface area contributed by atoms with Crippen LogP contribution in [0.1, 0.15) is 12.8 Å². The third kappa shape index (κ3) is 3.58. The number of esters is 1. The molecule has 1 saturated heterocycles. The van der Waals surface area contributed by atoms with Gasteiger partial charge in [-0.15, -0.1) is 0 Å². The Bertz CT molecular complexity index is 396. The summed E-state index contributed by atoms with van der Waals surface area (Å²) in [6.45, 7) is 0.362. The van der Waals surface area contributed by atoms with Crippen molar-refractivity contribution in [1.29, 1.82) is 0 Å². The Labute approximate surface area is 99.3 Å². The highest BCUT2D eigenvalue weighted by molar-refractivity contribution is 7.92. The van der Waals surface area contributed by atoms with Crippen LogP contribution in [0.4, 0.5) is 4.79 Å². The van der Waals surface area contributed by atoms with Crippen molar-refractivity contribution in [3.8, 4) is 0 Å². The standard InChI is InChI=1S/C9H15NO6S/c1-16-8(11)6-17(14,15)7-2-4-10(5-3-7)9(12)13/h7H,2-6H2,1H3,(H,12,13). The van der Waals surface area contributed by atoms with Crippen molar-refractivity contribution in [2.45, 2.75) is 18.1 Å². The van der Waals surface area contributed by atoms with Gasteiger partial charge in [0.05, 0.1) is 12.4 Å². The number of likely N-dealkylation sites (tertiary alicyclic amines) is 1. The summed E-state index contributed by atoms with van der Waals surface area (Å²) in [4.78, 5) is 22.7. The van der Waals surface area contributed by atoms with E-state index < -0.39 is 32.9 Å². The van der Waals surface area contributed by atoms with Gasteiger partial charge in [-0.25, -0.2) is 13.2 Å². The molecule has 0 unspecified atom stereocenters. The molecule has 1 heterocycles. The highest BCUT2D eigenvalue weighted by Gasteiger charge is 2.33. The van der Waals surface area contributed by atoms with E-state index in [9.17, 15) is 18.0 Å². The van der Waals surface area contributed by atoms with E-state index in [-0.39, 0.29) is 25.9 Å². The molecule has 1 rings (SSSR count). The van der Waals surface area contributed by atoms with Crippen LogP contribution in [0.3, 0.4) is 0 Å². The molecule has 0 aromatic carbocycles. The smallest absolute Gasteiger partial charge is 0.407 e. The molecule has 1 fully saturated rings. The Balaban J connectivity index is 2.59. The minimum Gasteiger partial charge on any atom is -0.468 e. The fraction of sp³-hybridized carbons (Fsp3) is 0.778. The predicted octanol–water partition coefficient (Wildman–Crippen LogP) is -0.283. The zero-order valence-corrected chi connectivity index (χ0v) is 10.3. The van der Waals surface area contributed by atoms with Gasteiger partial charge in [0.1, 0.15) is 5.75 Å². The Morgan fingerprint density at radius 2 is 1.88 bits per heavy atom. The lowest BCUT2D eigenvalue weighted by Gasteiger charge is -2.29. The first kappa shape index (κ1) is 13.8. The maximum Gasteiger partial charge on any atom is 0.407 e. The fourth-order valence-electron chi connectivity index (χ4n) is 1.75. The van der Waals surface area contributed by atoms with Crippen molar-refractivity contribution in [3.05, 3.63) is 0 Å². The molecule has 1 N–H and O–H groups in total. The van der Waals surface area contributed by atoms with E-state index in [1.807, 2.05) is 0 Å². The van der Waals surface area contributed by atoms with Gasteiger partial charge >= 0.3 is 12.1 Å². The lowest BCUT2D eigenvalue weighted by atomic mass is 10.1. The molecular weight excluding hydrogens is 250 g/mol. The summed E-state index contributed by atoms with van der Waals surface area (Å²) in [7, 11) is -2.41. The number of sulfone groups is 1. The molecule has 1 amide bonds. The van der Waals surface area contributed by atoms with Crippen molar-refractivity contribution in [2.24, 2.45) is 0 Å². The summed E-state index contributed by atoms with van der Waals surface area (Å²) in [5.74, 6) is -1.42. The van der Waals surface area contributed by atoms with E-state index in [1.165, 1.54) is 4.90 Å². The molecular formula is C9H15NO6S. The molecule has 0 spiro atoms. The molecule has 0 aromatic heterocycles. The van der Waals surface area contributed by atoms with Crippen molar-refractivity contribution < 1.29 is 27.9 Å². The number of carboxylic acid groups (broad SMARTS) is 1. The van der Waals surface area contributed by atoms with E-state index >= 15 is 0 Å². The van der Waals surface area contributed by atoms with Crippen LogP contribution >= 0.6 is 0 Å². The molecule has 0 radical (unpaired) electrons. The van der Waals surface area contributed by atoms with E-state index in [0.717, 1.165) is 7.11 Å². The summed E-state index contributed by atoms with van der Waals surface area (Å²) in [6.07, 6.45) is -0.592. The van der Waals surface area contributed by atoms with E-state index in [0.29, 0.717) is 0 Å². The molecule has 0 bridgehead atoms. The summed E-state index contributed by atoms with van der Waals surface area (Å²) in [6, 6.07) is 0. The molecule has 7 nitrogen and oxygen atoms in total. The summed E-state index contributed by atoms with van der Waals surface area (Å²) >= 11 is 0. The zero-order chi connectivity index (χ0) is 13.1. The maximum absolute atomic E-state index is 11.8. The predicted molar refractivity (Wildman–Crippen MR) is 58.4 cm³/mol. The van der Waals surface area contributed by atoms with Gasteiger partial charge in [-0.1, -0.05) is 0 Å². The van der Waals surface area contributed by atoms with Crippen LogP contribution < -0.4 is 0 Å². The molecule has 98 valence electrons. The Hall–Kier alpha value is -1.31. The molecule has 0 aromatic rings. The highest BCUT2D eigenvalue weighted by Crippen LogP contribution is 2.18. The van der Waals surface area contributed by atoms with E-state index in [4.69, 9.17) is 5.11 Å². The van der Waals surface area contributed by atoms with Crippen LogP contribution in [0.5, 0.6) is 0 Å². The Kier molecular flexibility index (Phi) is 4.33. The van der Waals surface area contributed by atoms with Crippen molar-refractivity contribution in [3.63, 3.8) is 0 Å². The quantitative estimate of drug-likeness (QED) is 0.704. The number of hydrogen-bond acceptors (Lipinski definition) is 5. The third-order valence-electron chi connectivity index (χ3n) is 2.77. The third-order valence-corrected chi connectivity index (χ3v) is 4.89. The second-order valence-corrected chi connectivity index (χ2v) is 6.13. The number of amides is 1. The number of carbonyl (C=O) groups is 2. The van der Waals surface area contributed by atoms with Gasteiger partial charge in [0.25, 0.3) is 0 Å². The normalized spacial score (nSPS) is 17.8. The minimum atomic E-state index is -3.54. The van der Waals surface area contributed by atoms with Gasteiger partial charge in [-0.3, -0.25) is 4.79 Å². The number of carbonyl (C=O) groups excluding carboxylic acids is 1. The summed E-state index contributed by atoms with van der Waals surface area (Å²) in [5.41, 5.74) is 0. The first-order valence-corrected chi connectivity index (χ1v) is 6.84. The second-order valence-electron chi connectivity index (χ2n) is 3.85. The molecule has 1 aliphatic rings. The largest absolute Gasteiger partial charge is 0.468 e. The van der Waals surface area contributed by atoms with Crippen molar-refractivity contribution in [1.82, 2.24) is 4.90 Å². The molecule has 0 atom stereocenters. The maximum atomic E-state index is 11.8. The fourth-order valence-corrected chi connectivity index (χ4v) is 3.36. The molecule has 0 aliphatic carbocycles. The number of hydrogen-bond donors (Lipinski definition) is 1. The van der Waals surface area contributed by atoms with E-state index in [1.54, 1.807) is 0 Å². The number of rotatable bonds is 3. The van der Waals surface area contributed by atoms with Crippen LogP contribution in [-0.4, -0.2) is 61.7 Å². The molecule has 8 heteroatoms. The molecule has 0 saturated carbocycles. The van der Waals surface area contributed by atoms with Gasteiger partial charge in [-0.05, 0) is 12.8 Å². The van der Waals surface area contributed by atoms with Gasteiger partial charge in [0.15, 0.2) is 9.84 Å². The first-order valence-electron chi connectivity index (χ1n) is 5.13. The SMILES string of the molecule is COC(=O)CS(=O)(=O)C1CCN(C(=O)O)CC1. The van der Waals surface area contributed by atoms with Gasteiger partial charge < -0.3 is 14.7 Å². The Morgan fingerprint density at radius 3 is 2.29 bits per heavy atom. The van der Waals surface area contributed by atoms with Gasteiger partial charge in [0, 0.05) is 13.1 Å². The Morgan fingerprint density at radius 1 is 1.35 bits per heavy atom. The van der Waals surface area contributed by atoms with Crippen LogP contribution in [0.25, 0.3) is 0 Å². The average molecular weight is 265 g/mol. The zero-order valence-electron chi connectivity index (χ0n) is 9.46. The number of nitrogens with zero attached hydrogens (tertiary/aromatic N) is 1. The van der Waals surface area contributed by atoms with Crippen molar-refractivity contribution in [2.75, 3.05) is 26.0 Å². The van der Waals surface area contributed by atoms with E-state index in [2.05, 4.69) is 4.74 Å². The topological polar surface area (TPSA) is 101 Å². The van der Waals surface area contributed by atoms with Crippen LogP contribution in [0.2, 0.25) is 0 Å². The van der Waals surface area contributed by atoms with Gasteiger partial charge in [-0.2, -0.15) is 0 Å². The first-order chi connectivity index (χ1) is 7.86. The molecule has 1 aliphatic heterocycles. The van der Waals surface area contributed by atoms with Crippen LogP contribution in [0, 0.1) is 0 Å². The van der Waals surface area contributed by atoms with Crippen molar-refractivity contribution >= 4 is 21.9 Å². The monoisotopic (exact) mass is 265 g/mol. The van der Waals surface area contributed by atoms with Crippen LogP contribution in [-0.2, 0) is 19.4 Å². The lowest BCUT2D eigenvalue weighted by Crippen LogP contribution is -2.43. The average Bonchev–Trinajstić information content (AvgIpc) is 2.28. The summed E-state index contributed by atoms with van der Waals surface area (Å²) < 4.78 is 27.8. The van der Waals surface area contributed by atoms with Crippen LogP contribution in [0.15, 0.2) is 0 Å². The second kappa shape index (κ2) is 5.35. The summed E-state index contributed by atoms with van der Waals surface area (Å²) in [5, 5.41) is 8.06. The van der Waals surface area contributed by atoms with Gasteiger partial charge in [0.2, 0.25) is 0 Å². The lowest BCUT2D eigenvalue weighted by molar-refractivity contribution is -0.137. The minimum absolute atomic E-state index is 0.181. The number of methoxy groups -OCH3 is 1.